The zero-order valence-corrected chi connectivity index (χ0v) is 18.4. The van der Waals surface area contributed by atoms with Crippen LogP contribution in [-0.4, -0.2) is 51.7 Å². The van der Waals surface area contributed by atoms with E-state index < -0.39 is 0 Å². The molecule has 3 rings (SSSR count). The minimum atomic E-state index is -0.154. The van der Waals surface area contributed by atoms with Gasteiger partial charge < -0.3 is 31.4 Å². The molecule has 0 aliphatic rings. The Morgan fingerprint density at radius 2 is 1.87 bits per heavy atom. The van der Waals surface area contributed by atoms with Crippen LogP contribution in [-0.2, 0) is 6.54 Å². The molecule has 10 nitrogen and oxygen atoms in total. The maximum absolute atomic E-state index is 9.64. The number of nitrogens with zero attached hydrogens (tertiary/aromatic N) is 4. The molecule has 6 N–H and O–H groups in total. The maximum atomic E-state index is 9.64. The number of aliphatic hydroxyl groups is 1. The van der Waals surface area contributed by atoms with Crippen LogP contribution >= 0.6 is 0 Å². The molecule has 0 unspecified atom stereocenters. The van der Waals surface area contributed by atoms with Gasteiger partial charge >= 0.3 is 0 Å². The quantitative estimate of drug-likeness (QED) is 0.380. The van der Waals surface area contributed by atoms with E-state index >= 15 is 0 Å². The van der Waals surface area contributed by atoms with E-state index in [0.717, 1.165) is 24.0 Å². The summed E-state index contributed by atoms with van der Waals surface area (Å²) in [5.41, 5.74) is 14.9. The summed E-state index contributed by atoms with van der Waals surface area (Å²) in [7, 11) is 3.22. The number of benzene rings is 1. The standard InChI is InChI=1S/C21H31N7O3/c1-5-6-14(11-29)24-20-19-16(25-21(23)26-20)10-28(27-19)9-15-17(30-3)7-13(12(2)22)8-18(15)31-4/h7-8,10,12,14,29H,5-6,9,11,22H2,1-4H3,(H3,23,24,25,26)/t12-,14-/m0/s1. The van der Waals surface area contributed by atoms with E-state index in [2.05, 4.69) is 27.3 Å². The van der Waals surface area contributed by atoms with Gasteiger partial charge in [0.05, 0.1) is 45.2 Å². The van der Waals surface area contributed by atoms with Gasteiger partial charge in [-0.3, -0.25) is 4.68 Å². The van der Waals surface area contributed by atoms with Crippen molar-refractivity contribution >= 4 is 22.8 Å². The van der Waals surface area contributed by atoms with Gasteiger partial charge in [0, 0.05) is 6.04 Å². The zero-order chi connectivity index (χ0) is 22.5. The number of anilines is 2. The van der Waals surface area contributed by atoms with Crippen molar-refractivity contribution in [1.29, 1.82) is 0 Å². The molecular formula is C21H31N7O3. The normalized spacial score (nSPS) is 13.2. The first kappa shape index (κ1) is 22.6. The Bertz CT molecular complexity index is 1010. The number of hydrogen-bond donors (Lipinski definition) is 4. The van der Waals surface area contributed by atoms with Crippen LogP contribution in [0.4, 0.5) is 11.8 Å². The molecular weight excluding hydrogens is 398 g/mol. The van der Waals surface area contributed by atoms with E-state index in [4.69, 9.17) is 20.9 Å². The largest absolute Gasteiger partial charge is 0.496 e. The van der Waals surface area contributed by atoms with Crippen LogP contribution in [0.3, 0.4) is 0 Å². The molecule has 2 atom stereocenters. The highest BCUT2D eigenvalue weighted by atomic mass is 16.5. The summed E-state index contributed by atoms with van der Waals surface area (Å²) in [5, 5.41) is 17.5. The smallest absolute Gasteiger partial charge is 0.222 e. The number of fused-ring (bicyclic) bond motifs is 1. The van der Waals surface area contributed by atoms with E-state index in [9.17, 15) is 5.11 Å². The predicted octanol–water partition coefficient (Wildman–Crippen LogP) is 2.07. The van der Waals surface area contributed by atoms with Crippen molar-refractivity contribution in [2.24, 2.45) is 5.73 Å². The molecule has 0 spiro atoms. The Morgan fingerprint density at radius 1 is 1.19 bits per heavy atom. The van der Waals surface area contributed by atoms with Gasteiger partial charge in [0.2, 0.25) is 5.95 Å². The molecule has 0 fully saturated rings. The highest BCUT2D eigenvalue weighted by molar-refractivity contribution is 5.86. The van der Waals surface area contributed by atoms with Crippen molar-refractivity contribution in [1.82, 2.24) is 19.7 Å². The number of nitrogens with two attached hydrogens (primary N) is 2. The lowest BCUT2D eigenvalue weighted by atomic mass is 10.0. The third-order valence-corrected chi connectivity index (χ3v) is 5.10. The fraction of sp³-hybridized carbons (Fsp3) is 0.476. The number of nitrogens with one attached hydrogen (secondary N) is 1. The maximum Gasteiger partial charge on any atom is 0.222 e. The van der Waals surface area contributed by atoms with E-state index in [1.54, 1.807) is 25.1 Å². The second-order valence-corrected chi connectivity index (χ2v) is 7.50. The van der Waals surface area contributed by atoms with Crippen LogP contribution in [0.5, 0.6) is 11.5 Å². The summed E-state index contributed by atoms with van der Waals surface area (Å²) in [6.07, 6.45) is 3.51. The summed E-state index contributed by atoms with van der Waals surface area (Å²) >= 11 is 0. The second-order valence-electron chi connectivity index (χ2n) is 7.50. The molecule has 0 radical (unpaired) electrons. The van der Waals surface area contributed by atoms with Gasteiger partial charge in [-0.15, -0.1) is 0 Å². The molecule has 10 heteroatoms. The Labute approximate surface area is 181 Å². The minimum Gasteiger partial charge on any atom is -0.496 e. The molecule has 0 aliphatic heterocycles. The Hall–Kier alpha value is -3.11. The number of rotatable bonds is 10. The number of nitrogen functional groups attached to an aromatic ring is 1. The summed E-state index contributed by atoms with van der Waals surface area (Å²) < 4.78 is 12.9. The van der Waals surface area contributed by atoms with E-state index in [0.29, 0.717) is 34.9 Å². The van der Waals surface area contributed by atoms with Crippen molar-refractivity contribution in [2.75, 3.05) is 31.9 Å². The van der Waals surface area contributed by atoms with Crippen molar-refractivity contribution in [3.8, 4) is 11.5 Å². The summed E-state index contributed by atoms with van der Waals surface area (Å²) in [4.78, 5) is 8.60. The molecule has 2 heterocycles. The monoisotopic (exact) mass is 429 g/mol. The van der Waals surface area contributed by atoms with Crippen molar-refractivity contribution in [3.05, 3.63) is 29.5 Å². The third-order valence-electron chi connectivity index (χ3n) is 5.10. The molecule has 168 valence electrons. The lowest BCUT2D eigenvalue weighted by molar-refractivity contribution is 0.268. The predicted molar refractivity (Wildman–Crippen MR) is 120 cm³/mol. The van der Waals surface area contributed by atoms with Crippen LogP contribution in [0, 0.1) is 0 Å². The third kappa shape index (κ3) is 4.97. The first-order valence-electron chi connectivity index (χ1n) is 10.3. The van der Waals surface area contributed by atoms with Gasteiger partial charge in [-0.05, 0) is 31.0 Å². The van der Waals surface area contributed by atoms with E-state index in [1.165, 1.54) is 0 Å². The Balaban J connectivity index is 2.00. The first-order chi connectivity index (χ1) is 14.9. The van der Waals surface area contributed by atoms with Crippen LogP contribution in [0.1, 0.15) is 43.9 Å². The van der Waals surface area contributed by atoms with Gasteiger partial charge in [0.15, 0.2) is 11.3 Å². The fourth-order valence-corrected chi connectivity index (χ4v) is 3.49. The van der Waals surface area contributed by atoms with Crippen molar-refractivity contribution in [2.45, 2.75) is 45.3 Å². The Morgan fingerprint density at radius 3 is 2.42 bits per heavy atom. The van der Waals surface area contributed by atoms with Crippen LogP contribution in [0.25, 0.3) is 11.0 Å². The van der Waals surface area contributed by atoms with Crippen molar-refractivity contribution in [3.63, 3.8) is 0 Å². The zero-order valence-electron chi connectivity index (χ0n) is 18.4. The molecule has 1 aromatic carbocycles. The number of aromatic nitrogens is 4. The first-order valence-corrected chi connectivity index (χ1v) is 10.3. The molecule has 0 bridgehead atoms. The van der Waals surface area contributed by atoms with Gasteiger partial charge in [-0.1, -0.05) is 13.3 Å². The molecule has 0 amide bonds. The van der Waals surface area contributed by atoms with Gasteiger partial charge in [-0.2, -0.15) is 10.1 Å². The fourth-order valence-electron chi connectivity index (χ4n) is 3.49. The lowest BCUT2D eigenvalue weighted by Crippen LogP contribution is -2.24. The van der Waals surface area contributed by atoms with Gasteiger partial charge in [0.25, 0.3) is 0 Å². The summed E-state index contributed by atoms with van der Waals surface area (Å²) in [5.74, 6) is 1.97. The molecule has 3 aromatic rings. The average Bonchev–Trinajstić information content (AvgIpc) is 3.15. The number of methoxy groups -OCH3 is 2. The van der Waals surface area contributed by atoms with Crippen LogP contribution < -0.4 is 26.3 Å². The minimum absolute atomic E-state index is 0.0136. The van der Waals surface area contributed by atoms with Crippen LogP contribution in [0.2, 0.25) is 0 Å². The molecule has 2 aromatic heterocycles. The molecule has 0 saturated heterocycles. The van der Waals surface area contributed by atoms with E-state index in [1.807, 2.05) is 19.1 Å². The number of aliphatic hydroxyl groups excluding tert-OH is 1. The summed E-state index contributed by atoms with van der Waals surface area (Å²) in [6.45, 7) is 4.34. The van der Waals surface area contributed by atoms with Gasteiger partial charge in [0.1, 0.15) is 17.0 Å². The Kier molecular flexibility index (Phi) is 7.13. The highest BCUT2D eigenvalue weighted by Gasteiger charge is 2.18. The van der Waals surface area contributed by atoms with Crippen LogP contribution in [0.15, 0.2) is 18.3 Å². The second kappa shape index (κ2) is 9.80. The van der Waals surface area contributed by atoms with Gasteiger partial charge in [-0.25, -0.2) is 4.98 Å². The number of hydrogen-bond acceptors (Lipinski definition) is 9. The number of ether oxygens (including phenoxy) is 2. The average molecular weight is 430 g/mol. The molecule has 0 aliphatic carbocycles. The SMILES string of the molecule is CCC[C@@H](CO)Nc1nc(N)nc2cn(Cc3c(OC)cc([C@H](C)N)cc3OC)nc12. The molecule has 0 saturated carbocycles. The van der Waals surface area contributed by atoms with Crippen molar-refractivity contribution < 1.29 is 14.6 Å². The lowest BCUT2D eigenvalue weighted by Gasteiger charge is -2.17. The highest BCUT2D eigenvalue weighted by Crippen LogP contribution is 2.33. The molecule has 31 heavy (non-hydrogen) atoms. The van der Waals surface area contributed by atoms with E-state index in [-0.39, 0.29) is 24.6 Å². The summed E-state index contributed by atoms with van der Waals surface area (Å²) in [6, 6.07) is 3.53. The topological polar surface area (TPSA) is 146 Å².